The molecule has 1 aliphatic heterocycles. The van der Waals surface area contributed by atoms with E-state index in [-0.39, 0.29) is 36.3 Å². The van der Waals surface area contributed by atoms with Crippen LogP contribution in [0.1, 0.15) is 44.1 Å². The van der Waals surface area contributed by atoms with Gasteiger partial charge >= 0.3 is 0 Å². The quantitative estimate of drug-likeness (QED) is 0.779. The predicted octanol–water partition coefficient (Wildman–Crippen LogP) is 1.77. The van der Waals surface area contributed by atoms with Crippen molar-refractivity contribution in [3.8, 4) is 5.75 Å². The van der Waals surface area contributed by atoms with Crippen LogP contribution >= 0.6 is 0 Å². The van der Waals surface area contributed by atoms with Gasteiger partial charge in [0.05, 0.1) is 5.75 Å². The van der Waals surface area contributed by atoms with Gasteiger partial charge in [0, 0.05) is 19.0 Å². The van der Waals surface area contributed by atoms with Gasteiger partial charge in [-0.05, 0) is 56.2 Å². The number of carbonyl (C=O) groups excluding carboxylic acids is 1. The zero-order valence-electron chi connectivity index (χ0n) is 13.9. The van der Waals surface area contributed by atoms with Crippen LogP contribution in [0.25, 0.3) is 0 Å². The Labute approximate surface area is 143 Å². The molecule has 0 aromatic heterocycles. The standard InChI is InChI=1S/C17H26N2O4S/c18-24(22,23)13-3-5-17(21)19-12-2-1-4-15(19)9-6-14-7-10-16(20)11-8-14/h7-8,10-11,15,20H,1-6,9,12-13H2,(H2,18,22,23). The number of aromatic hydroxyl groups is 1. The summed E-state index contributed by atoms with van der Waals surface area (Å²) in [4.78, 5) is 14.3. The zero-order chi connectivity index (χ0) is 17.6. The normalized spacial score (nSPS) is 18.5. The predicted molar refractivity (Wildman–Crippen MR) is 93.0 cm³/mol. The van der Waals surface area contributed by atoms with Crippen LogP contribution in [0.15, 0.2) is 24.3 Å². The van der Waals surface area contributed by atoms with Gasteiger partial charge in [-0.15, -0.1) is 0 Å². The number of amides is 1. The average Bonchev–Trinajstić information content (AvgIpc) is 2.53. The van der Waals surface area contributed by atoms with E-state index >= 15 is 0 Å². The number of phenolic OH excluding ortho intramolecular Hbond substituents is 1. The lowest BCUT2D eigenvalue weighted by Gasteiger charge is -2.36. The minimum Gasteiger partial charge on any atom is -0.508 e. The number of piperidine rings is 1. The molecule has 0 bridgehead atoms. The molecule has 1 fully saturated rings. The van der Waals surface area contributed by atoms with E-state index in [2.05, 4.69) is 0 Å². The van der Waals surface area contributed by atoms with E-state index in [0.717, 1.165) is 44.2 Å². The third-order valence-electron chi connectivity index (χ3n) is 4.47. The molecule has 0 saturated carbocycles. The maximum absolute atomic E-state index is 12.4. The van der Waals surface area contributed by atoms with Gasteiger partial charge in [-0.3, -0.25) is 4.79 Å². The molecular formula is C17H26N2O4S. The minimum absolute atomic E-state index is 0.0223. The highest BCUT2D eigenvalue weighted by molar-refractivity contribution is 7.89. The second-order valence-corrected chi connectivity index (χ2v) is 8.15. The van der Waals surface area contributed by atoms with Crippen molar-refractivity contribution in [2.24, 2.45) is 5.14 Å². The molecule has 1 heterocycles. The largest absolute Gasteiger partial charge is 0.508 e. The number of likely N-dealkylation sites (tertiary alicyclic amines) is 1. The number of nitrogens with two attached hydrogens (primary N) is 1. The summed E-state index contributed by atoms with van der Waals surface area (Å²) < 4.78 is 21.9. The lowest BCUT2D eigenvalue weighted by molar-refractivity contribution is -0.135. The molecule has 2 rings (SSSR count). The van der Waals surface area contributed by atoms with Crippen LogP contribution in [0.2, 0.25) is 0 Å². The van der Waals surface area contributed by atoms with Crippen LogP contribution in [0, 0.1) is 0 Å². The molecule has 3 N–H and O–H groups in total. The molecule has 7 heteroatoms. The van der Waals surface area contributed by atoms with Gasteiger partial charge in [0.25, 0.3) is 0 Å². The molecule has 1 aromatic carbocycles. The average molecular weight is 354 g/mol. The van der Waals surface area contributed by atoms with Crippen LogP contribution in [-0.4, -0.2) is 42.7 Å². The molecule has 1 atom stereocenters. The molecule has 1 saturated heterocycles. The molecule has 0 radical (unpaired) electrons. The molecule has 1 amide bonds. The van der Waals surface area contributed by atoms with E-state index in [0.29, 0.717) is 0 Å². The number of hydrogen-bond donors (Lipinski definition) is 2. The van der Waals surface area contributed by atoms with Crippen LogP contribution in [0.4, 0.5) is 0 Å². The summed E-state index contributed by atoms with van der Waals surface area (Å²) in [5.41, 5.74) is 1.14. The van der Waals surface area contributed by atoms with Gasteiger partial charge in [0.1, 0.15) is 5.75 Å². The number of nitrogens with zero attached hydrogens (tertiary/aromatic N) is 1. The number of phenols is 1. The number of sulfonamides is 1. The second-order valence-electron chi connectivity index (χ2n) is 6.41. The summed E-state index contributed by atoms with van der Waals surface area (Å²) in [6, 6.07) is 7.35. The lowest BCUT2D eigenvalue weighted by atomic mass is 9.95. The van der Waals surface area contributed by atoms with Crippen LogP contribution in [-0.2, 0) is 21.2 Å². The first kappa shape index (κ1) is 18.7. The maximum atomic E-state index is 12.4. The van der Waals surface area contributed by atoms with Crippen LogP contribution in [0.3, 0.4) is 0 Å². The van der Waals surface area contributed by atoms with Crippen molar-refractivity contribution in [1.29, 1.82) is 0 Å². The number of primary sulfonamides is 1. The van der Waals surface area contributed by atoms with Crippen molar-refractivity contribution >= 4 is 15.9 Å². The lowest BCUT2D eigenvalue weighted by Crippen LogP contribution is -2.44. The maximum Gasteiger partial charge on any atom is 0.222 e. The summed E-state index contributed by atoms with van der Waals surface area (Å²) in [5.74, 6) is 0.127. The molecule has 6 nitrogen and oxygen atoms in total. The summed E-state index contributed by atoms with van der Waals surface area (Å²) in [6.45, 7) is 0.744. The molecule has 0 spiro atoms. The number of aryl methyl sites for hydroxylation is 1. The van der Waals surface area contributed by atoms with Gasteiger partial charge in [-0.1, -0.05) is 12.1 Å². The highest BCUT2D eigenvalue weighted by Gasteiger charge is 2.26. The summed E-state index contributed by atoms with van der Waals surface area (Å²) in [7, 11) is -3.50. The molecular weight excluding hydrogens is 328 g/mol. The van der Waals surface area contributed by atoms with E-state index in [9.17, 15) is 18.3 Å². The van der Waals surface area contributed by atoms with Gasteiger partial charge < -0.3 is 10.0 Å². The van der Waals surface area contributed by atoms with Gasteiger partial charge in [-0.2, -0.15) is 0 Å². The van der Waals surface area contributed by atoms with E-state index in [4.69, 9.17) is 5.14 Å². The highest BCUT2D eigenvalue weighted by Crippen LogP contribution is 2.23. The number of benzene rings is 1. The fraction of sp³-hybridized carbons (Fsp3) is 0.588. The highest BCUT2D eigenvalue weighted by atomic mass is 32.2. The Balaban J connectivity index is 1.87. The van der Waals surface area contributed by atoms with Gasteiger partial charge in [0.15, 0.2) is 0 Å². The second kappa shape index (κ2) is 8.48. The molecule has 0 aliphatic carbocycles. The van der Waals surface area contributed by atoms with Crippen molar-refractivity contribution < 1.29 is 18.3 Å². The van der Waals surface area contributed by atoms with Crippen LogP contribution in [0.5, 0.6) is 5.75 Å². The first-order chi connectivity index (χ1) is 11.3. The number of carbonyl (C=O) groups is 1. The van der Waals surface area contributed by atoms with Gasteiger partial charge in [0.2, 0.25) is 15.9 Å². The van der Waals surface area contributed by atoms with E-state index in [1.807, 2.05) is 17.0 Å². The van der Waals surface area contributed by atoms with E-state index in [1.165, 1.54) is 0 Å². The molecule has 24 heavy (non-hydrogen) atoms. The third-order valence-corrected chi connectivity index (χ3v) is 5.33. The summed E-state index contributed by atoms with van der Waals surface area (Å²) >= 11 is 0. The number of hydrogen-bond acceptors (Lipinski definition) is 4. The monoisotopic (exact) mass is 354 g/mol. The number of rotatable bonds is 7. The smallest absolute Gasteiger partial charge is 0.222 e. The third kappa shape index (κ3) is 6.13. The fourth-order valence-electron chi connectivity index (χ4n) is 3.19. The molecule has 1 unspecified atom stereocenters. The van der Waals surface area contributed by atoms with Crippen molar-refractivity contribution in [3.63, 3.8) is 0 Å². The van der Waals surface area contributed by atoms with Gasteiger partial charge in [-0.25, -0.2) is 13.6 Å². The van der Waals surface area contributed by atoms with Crippen molar-refractivity contribution in [3.05, 3.63) is 29.8 Å². The fourth-order valence-corrected chi connectivity index (χ4v) is 3.74. The Bertz CT molecular complexity index is 643. The Hall–Kier alpha value is -1.60. The Kier molecular flexibility index (Phi) is 6.62. The van der Waals surface area contributed by atoms with E-state index in [1.54, 1.807) is 12.1 Å². The molecule has 1 aromatic rings. The van der Waals surface area contributed by atoms with Crippen LogP contribution < -0.4 is 5.14 Å². The van der Waals surface area contributed by atoms with E-state index < -0.39 is 10.0 Å². The Morgan fingerprint density at radius 3 is 2.62 bits per heavy atom. The first-order valence-corrected chi connectivity index (χ1v) is 10.1. The minimum atomic E-state index is -3.50. The molecule has 134 valence electrons. The Morgan fingerprint density at radius 1 is 1.25 bits per heavy atom. The molecule has 1 aliphatic rings. The van der Waals surface area contributed by atoms with Crippen molar-refractivity contribution in [1.82, 2.24) is 4.90 Å². The van der Waals surface area contributed by atoms with Crippen molar-refractivity contribution in [2.75, 3.05) is 12.3 Å². The Morgan fingerprint density at radius 2 is 1.96 bits per heavy atom. The first-order valence-electron chi connectivity index (χ1n) is 8.43. The van der Waals surface area contributed by atoms with Crippen molar-refractivity contribution in [2.45, 2.75) is 51.0 Å². The SMILES string of the molecule is NS(=O)(=O)CCCC(=O)N1CCCCC1CCc1ccc(O)cc1. The summed E-state index contributed by atoms with van der Waals surface area (Å²) in [6.07, 6.45) is 5.33. The summed E-state index contributed by atoms with van der Waals surface area (Å²) in [5, 5.41) is 14.3. The zero-order valence-corrected chi connectivity index (χ0v) is 14.7. The topological polar surface area (TPSA) is 101 Å².